The van der Waals surface area contributed by atoms with Gasteiger partial charge in [0.2, 0.25) is 0 Å². The fourth-order valence-corrected chi connectivity index (χ4v) is 4.00. The van der Waals surface area contributed by atoms with Gasteiger partial charge in [0.25, 0.3) is 0 Å². The Morgan fingerprint density at radius 2 is 1.65 bits per heavy atom. The molecule has 0 amide bonds. The van der Waals surface area contributed by atoms with E-state index in [9.17, 15) is 0 Å². The Morgan fingerprint density at radius 3 is 2.27 bits per heavy atom. The Hall–Kier alpha value is -2.89. The van der Waals surface area contributed by atoms with E-state index >= 15 is 0 Å². The van der Waals surface area contributed by atoms with Crippen molar-refractivity contribution < 1.29 is 23.7 Å². The minimum absolute atomic E-state index is 0.469. The van der Waals surface area contributed by atoms with E-state index in [1.54, 1.807) is 14.0 Å². The third-order valence-corrected chi connectivity index (χ3v) is 5.97. The molecule has 224 valence electrons. The zero-order chi connectivity index (χ0) is 29.0. The summed E-state index contributed by atoms with van der Waals surface area (Å²) in [5.74, 6) is 2.03. The average molecular weight is 560 g/mol. The topological polar surface area (TPSA) is 128 Å². The van der Waals surface area contributed by atoms with Crippen LogP contribution in [0, 0.1) is 0 Å². The predicted octanol–water partition coefficient (Wildman–Crippen LogP) is 1.70. The van der Waals surface area contributed by atoms with Crippen molar-refractivity contribution in [3.63, 3.8) is 0 Å². The van der Waals surface area contributed by atoms with Gasteiger partial charge in [-0.1, -0.05) is 38.5 Å². The van der Waals surface area contributed by atoms with Crippen molar-refractivity contribution in [1.29, 1.82) is 0 Å². The minimum Gasteiger partial charge on any atom is -0.496 e. The van der Waals surface area contributed by atoms with Gasteiger partial charge in [0, 0.05) is 24.8 Å². The number of aliphatic imine (C=N–C) groups is 1. The second kappa shape index (κ2) is 20.1. The molecular weight excluding hydrogens is 510 g/mol. The number of benzene rings is 1. The van der Waals surface area contributed by atoms with Gasteiger partial charge in [0.1, 0.15) is 5.75 Å². The van der Waals surface area contributed by atoms with Gasteiger partial charge in [0.15, 0.2) is 5.82 Å². The summed E-state index contributed by atoms with van der Waals surface area (Å²) in [5.41, 5.74) is 13.4. The zero-order valence-electron chi connectivity index (χ0n) is 24.6. The van der Waals surface area contributed by atoms with E-state index in [4.69, 9.17) is 35.2 Å². The van der Waals surface area contributed by atoms with Crippen LogP contribution in [0.1, 0.15) is 44.2 Å². The number of ether oxygens (including phenoxy) is 5. The molecule has 2 aromatic rings. The highest BCUT2D eigenvalue weighted by Crippen LogP contribution is 2.21. The molecule has 0 bridgehead atoms. The van der Waals surface area contributed by atoms with Gasteiger partial charge in [-0.25, -0.2) is 4.99 Å². The van der Waals surface area contributed by atoms with E-state index in [1.807, 2.05) is 18.3 Å². The van der Waals surface area contributed by atoms with Gasteiger partial charge >= 0.3 is 0 Å². The van der Waals surface area contributed by atoms with E-state index in [0.29, 0.717) is 71.8 Å². The average Bonchev–Trinajstić information content (AvgIpc) is 3.30. The van der Waals surface area contributed by atoms with Gasteiger partial charge < -0.3 is 45.0 Å². The van der Waals surface area contributed by atoms with Crippen LogP contribution in [-0.2, 0) is 32.1 Å². The molecule has 0 saturated carbocycles. The number of unbranched alkanes of at least 4 members (excludes halogenated alkanes) is 2. The van der Waals surface area contributed by atoms with Crippen LogP contribution in [0.4, 0.5) is 0 Å². The number of amidine groups is 1. The van der Waals surface area contributed by atoms with Crippen molar-refractivity contribution >= 4 is 18.2 Å². The van der Waals surface area contributed by atoms with Gasteiger partial charge in [0.05, 0.1) is 77.7 Å². The maximum absolute atomic E-state index is 5.96. The van der Waals surface area contributed by atoms with Crippen LogP contribution in [-0.4, -0.2) is 76.9 Å². The largest absolute Gasteiger partial charge is 0.496 e. The van der Waals surface area contributed by atoms with Crippen molar-refractivity contribution in [3.05, 3.63) is 52.2 Å². The van der Waals surface area contributed by atoms with Gasteiger partial charge in [-0.3, -0.25) is 0 Å². The molecule has 1 aromatic carbocycles. The van der Waals surface area contributed by atoms with Crippen LogP contribution in [0.3, 0.4) is 0 Å². The molecule has 0 aliphatic rings. The van der Waals surface area contributed by atoms with Crippen molar-refractivity contribution in [2.45, 2.75) is 46.3 Å². The maximum Gasteiger partial charge on any atom is 0.152 e. The molecule has 40 heavy (non-hydrogen) atoms. The summed E-state index contributed by atoms with van der Waals surface area (Å²) in [7, 11) is 1.68. The molecule has 0 radical (unpaired) electrons. The first kappa shape index (κ1) is 33.3. The second-order valence-electron chi connectivity index (χ2n) is 9.38. The highest BCUT2D eigenvalue weighted by atomic mass is 16.6. The number of aromatic nitrogens is 1. The molecule has 10 nitrogen and oxygen atoms in total. The number of nitrogens with zero attached hydrogens (tertiary/aromatic N) is 2. The molecule has 0 atom stereocenters. The van der Waals surface area contributed by atoms with Crippen LogP contribution in [0.25, 0.3) is 12.4 Å². The summed E-state index contributed by atoms with van der Waals surface area (Å²) >= 11 is 0. The monoisotopic (exact) mass is 559 g/mol. The highest BCUT2D eigenvalue weighted by molar-refractivity contribution is 5.81. The molecule has 5 N–H and O–H groups in total. The standard InChI is InChI=1S/C30H49N5O5/c1-5-6-7-12-33-30(34-25(3)32)29-24(2)10-13-35(29)22-27-9-8-26(21-28(27)36-4)23-40-20-19-39-18-17-38-16-15-37-14-11-31/h8-10,13,21,33H,2,5-7,11-12,14-20,22-23,31H2,1,3-4H3,(H2,32,34)/b30-29+. The Morgan fingerprint density at radius 1 is 0.975 bits per heavy atom. The van der Waals surface area contributed by atoms with Crippen LogP contribution in [0.2, 0.25) is 0 Å². The lowest BCUT2D eigenvalue weighted by molar-refractivity contribution is -0.00336. The van der Waals surface area contributed by atoms with Crippen molar-refractivity contribution in [3.8, 4) is 5.75 Å². The Balaban J connectivity index is 1.93. The van der Waals surface area contributed by atoms with Crippen LogP contribution >= 0.6 is 0 Å². The smallest absolute Gasteiger partial charge is 0.152 e. The first-order valence-corrected chi connectivity index (χ1v) is 14.1. The molecule has 1 heterocycles. The van der Waals surface area contributed by atoms with Crippen molar-refractivity contribution in [2.24, 2.45) is 16.5 Å². The van der Waals surface area contributed by atoms with Gasteiger partial charge in [-0.2, -0.15) is 0 Å². The van der Waals surface area contributed by atoms with Crippen molar-refractivity contribution in [1.82, 2.24) is 9.88 Å². The molecular formula is C30H49N5O5. The Bertz CT molecular complexity index is 1110. The summed E-state index contributed by atoms with van der Waals surface area (Å²) in [5, 5.41) is 5.27. The van der Waals surface area contributed by atoms with Crippen LogP contribution < -0.4 is 32.1 Å². The fraction of sp³-hybridized carbons (Fsp3) is 0.567. The molecule has 2 rings (SSSR count). The molecule has 0 unspecified atom stereocenters. The summed E-state index contributed by atoms with van der Waals surface area (Å²) in [6.45, 7) is 14.3. The molecule has 0 spiro atoms. The zero-order valence-corrected chi connectivity index (χ0v) is 24.6. The third-order valence-electron chi connectivity index (χ3n) is 5.97. The first-order chi connectivity index (χ1) is 19.5. The molecule has 0 aliphatic carbocycles. The lowest BCUT2D eigenvalue weighted by atomic mass is 10.1. The molecule has 0 fully saturated rings. The van der Waals surface area contributed by atoms with E-state index in [0.717, 1.165) is 59.1 Å². The molecule has 0 aliphatic heterocycles. The molecule has 10 heteroatoms. The third kappa shape index (κ3) is 12.5. The van der Waals surface area contributed by atoms with Crippen molar-refractivity contribution in [2.75, 3.05) is 66.4 Å². The number of rotatable bonds is 22. The summed E-state index contributed by atoms with van der Waals surface area (Å²) in [4.78, 5) is 4.59. The Kier molecular flexibility index (Phi) is 16.7. The van der Waals surface area contributed by atoms with E-state index in [-0.39, 0.29) is 0 Å². The summed E-state index contributed by atoms with van der Waals surface area (Å²) < 4.78 is 29.9. The summed E-state index contributed by atoms with van der Waals surface area (Å²) in [6, 6.07) is 8.14. The van der Waals surface area contributed by atoms with E-state index in [1.165, 1.54) is 0 Å². The first-order valence-electron chi connectivity index (χ1n) is 14.1. The predicted molar refractivity (Wildman–Crippen MR) is 161 cm³/mol. The van der Waals surface area contributed by atoms with Crippen LogP contribution in [0.5, 0.6) is 5.75 Å². The Labute approximate surface area is 239 Å². The number of methoxy groups -OCH3 is 1. The normalized spacial score (nSPS) is 12.6. The lowest BCUT2D eigenvalue weighted by Crippen LogP contribution is -2.36. The van der Waals surface area contributed by atoms with Gasteiger partial charge in [-0.15, -0.1) is 0 Å². The van der Waals surface area contributed by atoms with E-state index in [2.05, 4.69) is 40.5 Å². The lowest BCUT2D eigenvalue weighted by Gasteiger charge is -2.14. The summed E-state index contributed by atoms with van der Waals surface area (Å²) in [6.07, 6.45) is 5.40. The van der Waals surface area contributed by atoms with E-state index < -0.39 is 0 Å². The quantitative estimate of drug-likeness (QED) is 0.113. The number of nitrogens with one attached hydrogen (secondary N) is 1. The maximum atomic E-state index is 5.96. The molecule has 0 saturated heterocycles. The van der Waals surface area contributed by atoms with Crippen LogP contribution in [0.15, 0.2) is 35.5 Å². The minimum atomic E-state index is 0.469. The molecule has 1 aromatic heterocycles. The highest BCUT2D eigenvalue weighted by Gasteiger charge is 2.09. The second-order valence-corrected chi connectivity index (χ2v) is 9.38. The SMILES string of the molecule is C=c1ccn(Cc2ccc(COCCOCCOCCOCCN)cc2OC)/c1=C(/N=C(\C)N)NCCCCC. The number of nitrogens with two attached hydrogens (primary N) is 2. The fourth-order valence-electron chi connectivity index (χ4n) is 4.00. The van der Waals surface area contributed by atoms with Gasteiger partial charge in [-0.05, 0) is 36.3 Å². The number of hydrogen-bond acceptors (Lipinski definition) is 8. The number of hydrogen-bond donors (Lipinski definition) is 3.